The van der Waals surface area contributed by atoms with Crippen LogP contribution in [0.25, 0.3) is 0 Å². The predicted octanol–water partition coefficient (Wildman–Crippen LogP) is 5.26. The summed E-state index contributed by atoms with van der Waals surface area (Å²) in [5.41, 5.74) is 3.94. The molecule has 0 aromatic carbocycles. The number of allylic oxidation sites excluding steroid dienone is 1. The van der Waals surface area contributed by atoms with Crippen LogP contribution >= 0.6 is 11.8 Å². The van der Waals surface area contributed by atoms with Crippen molar-refractivity contribution in [2.45, 2.75) is 54.9 Å². The number of thioether (sulfide) groups is 1. The SMILES string of the molecule is CCCSC(=C=CC(C)(C)C)C(C)(C)C. The summed E-state index contributed by atoms with van der Waals surface area (Å²) in [5, 5.41) is 0. The molecule has 0 bridgehead atoms. The van der Waals surface area contributed by atoms with Gasteiger partial charge in [-0.15, -0.1) is 17.5 Å². The minimum atomic E-state index is 0.224. The summed E-state index contributed by atoms with van der Waals surface area (Å²) in [6.45, 7) is 15.6. The molecule has 0 aliphatic carbocycles. The van der Waals surface area contributed by atoms with Crippen molar-refractivity contribution in [3.63, 3.8) is 0 Å². The standard InChI is InChI=1S/C14H26S/c1-8-11-15-12(14(5,6)7)9-10-13(2,3)4/h10H,8,11H2,1-7H3. The maximum atomic E-state index is 3.49. The Morgan fingerprint density at radius 2 is 1.67 bits per heavy atom. The lowest BCUT2D eigenvalue weighted by molar-refractivity contribution is 0.527. The van der Waals surface area contributed by atoms with E-state index >= 15 is 0 Å². The Kier molecular flexibility index (Phi) is 5.77. The van der Waals surface area contributed by atoms with Crippen LogP contribution in [0.5, 0.6) is 0 Å². The molecule has 0 aliphatic heterocycles. The number of hydrogen-bond donors (Lipinski definition) is 0. The molecule has 0 atom stereocenters. The summed E-state index contributed by atoms with van der Waals surface area (Å²) in [7, 11) is 0. The lowest BCUT2D eigenvalue weighted by Gasteiger charge is -2.20. The van der Waals surface area contributed by atoms with Crippen molar-refractivity contribution in [3.8, 4) is 0 Å². The Morgan fingerprint density at radius 3 is 2.00 bits per heavy atom. The van der Waals surface area contributed by atoms with Gasteiger partial charge < -0.3 is 0 Å². The molecule has 0 aliphatic rings. The second-order valence-corrected chi connectivity index (χ2v) is 7.19. The van der Waals surface area contributed by atoms with Crippen molar-refractivity contribution in [1.29, 1.82) is 0 Å². The van der Waals surface area contributed by atoms with Crippen LogP contribution in [0.1, 0.15) is 54.9 Å². The maximum Gasteiger partial charge on any atom is 0.0316 e. The molecule has 0 N–H and O–H groups in total. The van der Waals surface area contributed by atoms with E-state index in [1.54, 1.807) is 0 Å². The minimum Gasteiger partial charge on any atom is -0.122 e. The van der Waals surface area contributed by atoms with E-state index in [9.17, 15) is 0 Å². The van der Waals surface area contributed by atoms with Gasteiger partial charge in [-0.25, -0.2) is 0 Å². The van der Waals surface area contributed by atoms with Crippen LogP contribution in [0.4, 0.5) is 0 Å². The van der Waals surface area contributed by atoms with Gasteiger partial charge in [-0.3, -0.25) is 0 Å². The summed E-state index contributed by atoms with van der Waals surface area (Å²) >= 11 is 1.94. The van der Waals surface area contributed by atoms with E-state index in [1.807, 2.05) is 11.8 Å². The fourth-order valence-electron chi connectivity index (χ4n) is 0.961. The molecule has 0 heterocycles. The van der Waals surface area contributed by atoms with E-state index in [-0.39, 0.29) is 10.8 Å². The van der Waals surface area contributed by atoms with Gasteiger partial charge in [-0.2, -0.15) is 0 Å². The molecule has 0 amide bonds. The highest BCUT2D eigenvalue weighted by molar-refractivity contribution is 8.03. The first-order valence-corrected chi connectivity index (χ1v) is 6.76. The van der Waals surface area contributed by atoms with E-state index in [4.69, 9.17) is 0 Å². The molecule has 0 saturated heterocycles. The van der Waals surface area contributed by atoms with E-state index < -0.39 is 0 Å². The highest BCUT2D eigenvalue weighted by Gasteiger charge is 2.17. The van der Waals surface area contributed by atoms with E-state index in [0.717, 1.165) is 0 Å². The Labute approximate surface area is 100 Å². The minimum absolute atomic E-state index is 0.224. The van der Waals surface area contributed by atoms with Crippen molar-refractivity contribution in [2.24, 2.45) is 10.8 Å². The Hall–Kier alpha value is -0.130. The summed E-state index contributed by atoms with van der Waals surface area (Å²) in [5.74, 6) is 1.19. The second-order valence-electron chi connectivity index (χ2n) is 6.08. The molecular formula is C14H26S. The smallest absolute Gasteiger partial charge is 0.0316 e. The molecule has 15 heavy (non-hydrogen) atoms. The lowest BCUT2D eigenvalue weighted by Crippen LogP contribution is -2.07. The second kappa shape index (κ2) is 5.82. The largest absolute Gasteiger partial charge is 0.122 e. The van der Waals surface area contributed by atoms with Crippen molar-refractivity contribution in [3.05, 3.63) is 16.7 Å². The van der Waals surface area contributed by atoms with E-state index in [1.165, 1.54) is 17.1 Å². The van der Waals surface area contributed by atoms with E-state index in [0.29, 0.717) is 0 Å². The van der Waals surface area contributed by atoms with Crippen LogP contribution < -0.4 is 0 Å². The summed E-state index contributed by atoms with van der Waals surface area (Å²) in [6, 6.07) is 0. The normalized spacial score (nSPS) is 12.2. The fourth-order valence-corrected chi connectivity index (χ4v) is 1.94. The van der Waals surface area contributed by atoms with Crippen LogP contribution in [-0.2, 0) is 0 Å². The summed E-state index contributed by atoms with van der Waals surface area (Å²) in [4.78, 5) is 1.37. The van der Waals surface area contributed by atoms with Crippen LogP contribution in [0.15, 0.2) is 16.7 Å². The van der Waals surface area contributed by atoms with Crippen LogP contribution in [0, 0.1) is 10.8 Å². The lowest BCUT2D eigenvalue weighted by atomic mass is 9.93. The zero-order chi connectivity index (χ0) is 12.1. The molecule has 0 spiro atoms. The fraction of sp³-hybridized carbons (Fsp3) is 0.786. The predicted molar refractivity (Wildman–Crippen MR) is 73.3 cm³/mol. The van der Waals surface area contributed by atoms with Crippen molar-refractivity contribution >= 4 is 11.8 Å². The Bertz CT molecular complexity index is 241. The van der Waals surface area contributed by atoms with Gasteiger partial charge in [0, 0.05) is 10.3 Å². The van der Waals surface area contributed by atoms with Crippen LogP contribution in [0.2, 0.25) is 0 Å². The molecular weight excluding hydrogens is 200 g/mol. The van der Waals surface area contributed by atoms with Crippen molar-refractivity contribution < 1.29 is 0 Å². The van der Waals surface area contributed by atoms with Crippen molar-refractivity contribution in [1.82, 2.24) is 0 Å². The molecule has 0 saturated carbocycles. The first-order valence-electron chi connectivity index (χ1n) is 5.78. The van der Waals surface area contributed by atoms with Gasteiger partial charge in [0.25, 0.3) is 0 Å². The van der Waals surface area contributed by atoms with Gasteiger partial charge in [0.1, 0.15) is 0 Å². The summed E-state index contributed by atoms with van der Waals surface area (Å²) in [6.07, 6.45) is 3.41. The quantitative estimate of drug-likeness (QED) is 0.591. The van der Waals surface area contributed by atoms with Gasteiger partial charge in [-0.1, -0.05) is 48.5 Å². The van der Waals surface area contributed by atoms with Gasteiger partial charge in [0.2, 0.25) is 0 Å². The molecule has 0 fully saturated rings. The average Bonchev–Trinajstić information content (AvgIpc) is 1.99. The Balaban J connectivity index is 4.86. The average molecular weight is 226 g/mol. The van der Waals surface area contributed by atoms with Crippen LogP contribution in [-0.4, -0.2) is 5.75 Å². The maximum absolute atomic E-state index is 3.49. The van der Waals surface area contributed by atoms with Gasteiger partial charge in [-0.05, 0) is 23.7 Å². The monoisotopic (exact) mass is 226 g/mol. The zero-order valence-electron chi connectivity index (χ0n) is 11.4. The molecule has 0 unspecified atom stereocenters. The van der Waals surface area contributed by atoms with Gasteiger partial charge in [0.05, 0.1) is 0 Å². The van der Waals surface area contributed by atoms with E-state index in [2.05, 4.69) is 60.3 Å². The molecule has 1 heteroatoms. The highest BCUT2D eigenvalue weighted by atomic mass is 32.2. The number of hydrogen-bond acceptors (Lipinski definition) is 1. The van der Waals surface area contributed by atoms with Crippen LogP contribution in [0.3, 0.4) is 0 Å². The molecule has 88 valence electrons. The third-order valence-corrected chi connectivity index (χ3v) is 3.40. The topological polar surface area (TPSA) is 0 Å². The zero-order valence-corrected chi connectivity index (χ0v) is 12.2. The molecule has 0 aromatic rings. The molecule has 0 rings (SSSR count). The summed E-state index contributed by atoms with van der Waals surface area (Å²) < 4.78 is 0. The third kappa shape index (κ3) is 7.76. The highest BCUT2D eigenvalue weighted by Crippen LogP contribution is 2.34. The van der Waals surface area contributed by atoms with Gasteiger partial charge >= 0.3 is 0 Å². The third-order valence-electron chi connectivity index (χ3n) is 1.77. The molecule has 0 nitrogen and oxygen atoms in total. The first kappa shape index (κ1) is 14.9. The first-order chi connectivity index (χ1) is 6.67. The molecule has 0 aromatic heterocycles. The molecule has 0 radical (unpaired) electrons. The van der Waals surface area contributed by atoms with Gasteiger partial charge in [0.15, 0.2) is 0 Å². The Morgan fingerprint density at radius 1 is 1.13 bits per heavy atom. The number of rotatable bonds is 3. The van der Waals surface area contributed by atoms with Crippen molar-refractivity contribution in [2.75, 3.05) is 5.75 Å².